The molecule has 0 saturated heterocycles. The average Bonchev–Trinajstić information content (AvgIpc) is 2.49. The topological polar surface area (TPSA) is 66.5 Å². The summed E-state index contributed by atoms with van der Waals surface area (Å²) >= 11 is 0. The second-order valence-corrected chi connectivity index (χ2v) is 5.30. The molecule has 1 aliphatic heterocycles. The Hall–Kier alpha value is -2.43. The highest BCUT2D eigenvalue weighted by atomic mass is 16.6. The van der Waals surface area contributed by atoms with Crippen molar-refractivity contribution < 1.29 is 9.47 Å². The zero-order valence-corrected chi connectivity index (χ0v) is 12.1. The fraction of sp³-hybridized carbons (Fsp3) is 0.312. The molecule has 2 aromatic rings. The molecule has 0 bridgehead atoms. The summed E-state index contributed by atoms with van der Waals surface area (Å²) in [5.74, 6) is 1.44. The fourth-order valence-electron chi connectivity index (χ4n) is 2.52. The Balaban J connectivity index is 2.17. The molecule has 5 heteroatoms. The molecule has 3 rings (SSSR count). The maximum atomic E-state index is 12.3. The molecule has 110 valence electrons. The monoisotopic (exact) mass is 286 g/mol. The van der Waals surface area contributed by atoms with Crippen molar-refractivity contribution in [3.63, 3.8) is 0 Å². The first-order chi connectivity index (χ1) is 10.1. The molecule has 0 atom stereocenters. The minimum Gasteiger partial charge on any atom is -0.486 e. The summed E-state index contributed by atoms with van der Waals surface area (Å²) in [6.07, 6.45) is 0. The van der Waals surface area contributed by atoms with Crippen LogP contribution in [0.4, 0.5) is 5.69 Å². The van der Waals surface area contributed by atoms with Crippen molar-refractivity contribution in [1.29, 1.82) is 0 Å². The van der Waals surface area contributed by atoms with E-state index in [1.165, 1.54) is 0 Å². The van der Waals surface area contributed by atoms with Crippen LogP contribution < -0.4 is 20.8 Å². The van der Waals surface area contributed by atoms with Gasteiger partial charge in [0.05, 0.1) is 11.4 Å². The maximum absolute atomic E-state index is 12.3. The lowest BCUT2D eigenvalue weighted by Crippen LogP contribution is -2.25. The van der Waals surface area contributed by atoms with Crippen LogP contribution in [0.1, 0.15) is 19.9 Å². The number of benzene rings is 1. The van der Waals surface area contributed by atoms with E-state index in [0.29, 0.717) is 19.0 Å². The number of ether oxygens (including phenoxy) is 2. The predicted molar refractivity (Wildman–Crippen MR) is 81.9 cm³/mol. The third-order valence-electron chi connectivity index (χ3n) is 3.50. The highest BCUT2D eigenvalue weighted by Crippen LogP contribution is 2.34. The lowest BCUT2D eigenvalue weighted by atomic mass is 10.1. The molecule has 0 spiro atoms. The second-order valence-electron chi connectivity index (χ2n) is 5.30. The highest BCUT2D eigenvalue weighted by molar-refractivity contribution is 5.66. The molecule has 0 aliphatic carbocycles. The first-order valence-corrected chi connectivity index (χ1v) is 6.99. The van der Waals surface area contributed by atoms with Crippen LogP contribution in [0.3, 0.4) is 0 Å². The molecular weight excluding hydrogens is 268 g/mol. The van der Waals surface area contributed by atoms with E-state index in [2.05, 4.69) is 0 Å². The minimum atomic E-state index is -0.169. The van der Waals surface area contributed by atoms with Crippen molar-refractivity contribution in [2.75, 3.05) is 18.9 Å². The first-order valence-electron chi connectivity index (χ1n) is 6.99. The van der Waals surface area contributed by atoms with E-state index >= 15 is 0 Å². The number of pyridine rings is 1. The van der Waals surface area contributed by atoms with Gasteiger partial charge in [0.15, 0.2) is 11.5 Å². The average molecular weight is 286 g/mol. The molecule has 2 heterocycles. The van der Waals surface area contributed by atoms with Gasteiger partial charge in [0.25, 0.3) is 5.56 Å². The Kier molecular flexibility index (Phi) is 3.33. The highest BCUT2D eigenvalue weighted by Gasteiger charge is 2.16. The normalized spacial score (nSPS) is 13.5. The summed E-state index contributed by atoms with van der Waals surface area (Å²) in [6, 6.07) is 9.23. The zero-order valence-electron chi connectivity index (χ0n) is 12.1. The van der Waals surface area contributed by atoms with Gasteiger partial charge in [-0.3, -0.25) is 4.79 Å². The van der Waals surface area contributed by atoms with Gasteiger partial charge in [-0.1, -0.05) is 0 Å². The van der Waals surface area contributed by atoms with Crippen LogP contribution in [0.25, 0.3) is 11.3 Å². The van der Waals surface area contributed by atoms with E-state index in [1.807, 2.05) is 38.1 Å². The van der Waals surface area contributed by atoms with Crippen molar-refractivity contribution >= 4 is 5.69 Å². The van der Waals surface area contributed by atoms with Crippen LogP contribution in [0.15, 0.2) is 35.1 Å². The summed E-state index contributed by atoms with van der Waals surface area (Å²) in [5, 5.41) is 0. The van der Waals surface area contributed by atoms with E-state index in [1.54, 1.807) is 10.6 Å². The lowest BCUT2D eigenvalue weighted by Gasteiger charge is -2.21. The van der Waals surface area contributed by atoms with Gasteiger partial charge in [0.1, 0.15) is 13.2 Å². The Morgan fingerprint density at radius 3 is 2.52 bits per heavy atom. The number of nitrogen functional groups attached to an aromatic ring is 1. The summed E-state index contributed by atoms with van der Waals surface area (Å²) in [6.45, 7) is 5.02. The summed E-state index contributed by atoms with van der Waals surface area (Å²) in [5.41, 5.74) is 7.55. The number of hydrogen-bond acceptors (Lipinski definition) is 4. The molecule has 0 saturated carbocycles. The largest absolute Gasteiger partial charge is 0.486 e. The number of anilines is 1. The third kappa shape index (κ3) is 2.35. The van der Waals surface area contributed by atoms with Crippen LogP contribution in [-0.2, 0) is 0 Å². The van der Waals surface area contributed by atoms with Crippen LogP contribution in [0.5, 0.6) is 11.5 Å². The molecule has 0 amide bonds. The van der Waals surface area contributed by atoms with E-state index in [9.17, 15) is 4.79 Å². The van der Waals surface area contributed by atoms with Crippen molar-refractivity contribution in [3.8, 4) is 22.8 Å². The van der Waals surface area contributed by atoms with Crippen LogP contribution in [-0.4, -0.2) is 17.8 Å². The number of fused-ring (bicyclic) bond motifs is 1. The number of rotatable bonds is 2. The van der Waals surface area contributed by atoms with Crippen LogP contribution in [0, 0.1) is 0 Å². The summed E-state index contributed by atoms with van der Waals surface area (Å²) in [7, 11) is 0. The molecule has 5 nitrogen and oxygen atoms in total. The van der Waals surface area contributed by atoms with Gasteiger partial charge in [-0.2, -0.15) is 0 Å². The molecule has 21 heavy (non-hydrogen) atoms. The number of nitrogens with zero attached hydrogens (tertiary/aromatic N) is 1. The van der Waals surface area contributed by atoms with Gasteiger partial charge in [0.2, 0.25) is 0 Å². The summed E-state index contributed by atoms with van der Waals surface area (Å²) < 4.78 is 12.8. The van der Waals surface area contributed by atoms with Crippen molar-refractivity contribution in [1.82, 2.24) is 4.57 Å². The fourth-order valence-corrected chi connectivity index (χ4v) is 2.52. The van der Waals surface area contributed by atoms with Crippen LogP contribution >= 0.6 is 0 Å². The molecule has 1 aliphatic rings. The van der Waals surface area contributed by atoms with Gasteiger partial charge in [-0.25, -0.2) is 0 Å². The molecule has 0 radical (unpaired) electrons. The van der Waals surface area contributed by atoms with E-state index in [-0.39, 0.29) is 17.3 Å². The molecule has 2 N–H and O–H groups in total. The summed E-state index contributed by atoms with van der Waals surface area (Å²) in [4.78, 5) is 12.3. The molecule has 1 aromatic carbocycles. The number of hydrogen-bond donors (Lipinski definition) is 1. The Bertz CT molecular complexity index is 735. The van der Waals surface area contributed by atoms with Crippen LogP contribution in [0.2, 0.25) is 0 Å². The predicted octanol–water partition coefficient (Wildman–Crippen LogP) is 2.45. The quantitative estimate of drug-likeness (QED) is 0.921. The molecular formula is C16H18N2O3. The van der Waals surface area contributed by atoms with Crippen molar-refractivity contribution in [2.24, 2.45) is 0 Å². The maximum Gasteiger partial charge on any atom is 0.274 e. The van der Waals surface area contributed by atoms with Gasteiger partial charge in [-0.05, 0) is 44.2 Å². The molecule has 0 unspecified atom stereocenters. The second kappa shape index (κ2) is 5.16. The van der Waals surface area contributed by atoms with Gasteiger partial charge in [0, 0.05) is 11.6 Å². The first kappa shape index (κ1) is 13.5. The zero-order chi connectivity index (χ0) is 15.0. The van der Waals surface area contributed by atoms with Crippen molar-refractivity contribution in [3.05, 3.63) is 40.7 Å². The van der Waals surface area contributed by atoms with Gasteiger partial charge >= 0.3 is 0 Å². The number of aromatic nitrogens is 1. The van der Waals surface area contributed by atoms with Gasteiger partial charge < -0.3 is 19.8 Å². The Labute approximate surface area is 122 Å². The smallest absolute Gasteiger partial charge is 0.274 e. The molecule has 0 fully saturated rings. The Morgan fingerprint density at radius 1 is 1.10 bits per heavy atom. The SMILES string of the molecule is CC(C)n1c(-c2ccc3c(c2)OCCO3)ccc(N)c1=O. The van der Waals surface area contributed by atoms with E-state index in [0.717, 1.165) is 17.0 Å². The lowest BCUT2D eigenvalue weighted by molar-refractivity contribution is 0.171. The molecule has 1 aromatic heterocycles. The Morgan fingerprint density at radius 2 is 1.81 bits per heavy atom. The van der Waals surface area contributed by atoms with Gasteiger partial charge in [-0.15, -0.1) is 0 Å². The third-order valence-corrected chi connectivity index (χ3v) is 3.50. The minimum absolute atomic E-state index is 0.0178. The van der Waals surface area contributed by atoms with Crippen molar-refractivity contribution in [2.45, 2.75) is 19.9 Å². The van der Waals surface area contributed by atoms with E-state index < -0.39 is 0 Å². The number of nitrogens with two attached hydrogens (primary N) is 1. The standard InChI is InChI=1S/C16H18N2O3/c1-10(2)18-13(5-4-12(17)16(18)19)11-3-6-14-15(9-11)21-8-7-20-14/h3-6,9-10H,7-8,17H2,1-2H3. The van der Waals surface area contributed by atoms with E-state index in [4.69, 9.17) is 15.2 Å².